The SMILES string of the molecule is CCOC(=O)c1c(NC(=O)CSc2nc(-c3ccc(OC)cc3)c(C#N)c(=O)[nH]2)sc2c1CCC2. The number of carbonyl (C=O) groups is 2. The lowest BCUT2D eigenvalue weighted by atomic mass is 10.1. The molecule has 1 aliphatic rings. The first-order valence-corrected chi connectivity index (χ1v) is 12.7. The number of nitrogens with zero attached hydrogens (tertiary/aromatic N) is 2. The third-order valence-electron chi connectivity index (χ3n) is 5.37. The van der Waals surface area contributed by atoms with Crippen LogP contribution in [0.2, 0.25) is 0 Å². The number of H-pyrrole nitrogens is 1. The van der Waals surface area contributed by atoms with E-state index in [2.05, 4.69) is 15.3 Å². The number of nitriles is 1. The summed E-state index contributed by atoms with van der Waals surface area (Å²) in [5.41, 5.74) is 1.49. The molecule has 4 rings (SSSR count). The van der Waals surface area contributed by atoms with Gasteiger partial charge in [-0.05, 0) is 56.0 Å². The Morgan fingerprint density at radius 3 is 2.74 bits per heavy atom. The highest BCUT2D eigenvalue weighted by molar-refractivity contribution is 7.99. The number of amides is 1. The fraction of sp³-hybridized carbons (Fsp3) is 0.292. The van der Waals surface area contributed by atoms with Crippen LogP contribution in [0.15, 0.2) is 34.2 Å². The standard InChI is InChI=1S/C24H22N4O5S2/c1-3-33-23(31)19-15-5-4-6-17(15)35-22(19)26-18(29)12-34-24-27-20(16(11-25)21(30)28-24)13-7-9-14(32-2)10-8-13/h7-10H,3-6,12H2,1-2H3,(H,26,29)(H,27,28,30). The largest absolute Gasteiger partial charge is 0.497 e. The number of hydrogen-bond donors (Lipinski definition) is 2. The monoisotopic (exact) mass is 510 g/mol. The van der Waals surface area contributed by atoms with Crippen LogP contribution in [0.1, 0.15) is 39.7 Å². The van der Waals surface area contributed by atoms with Gasteiger partial charge in [0.05, 0.1) is 30.7 Å². The first-order valence-electron chi connectivity index (χ1n) is 10.9. The minimum Gasteiger partial charge on any atom is -0.497 e. The summed E-state index contributed by atoms with van der Waals surface area (Å²) >= 11 is 2.43. The Labute approximate surface area is 209 Å². The molecule has 0 aliphatic heterocycles. The number of aromatic nitrogens is 2. The average molecular weight is 511 g/mol. The van der Waals surface area contributed by atoms with Gasteiger partial charge in [0.1, 0.15) is 22.4 Å². The average Bonchev–Trinajstić information content (AvgIpc) is 3.43. The normalized spacial score (nSPS) is 12.0. The van der Waals surface area contributed by atoms with Crippen molar-refractivity contribution in [3.05, 3.63) is 56.2 Å². The summed E-state index contributed by atoms with van der Waals surface area (Å²) < 4.78 is 10.3. The summed E-state index contributed by atoms with van der Waals surface area (Å²) in [5, 5.41) is 13.0. The lowest BCUT2D eigenvalue weighted by molar-refractivity contribution is -0.113. The molecule has 3 aromatic rings. The molecular formula is C24H22N4O5S2. The molecule has 180 valence electrons. The molecule has 0 radical (unpaired) electrons. The molecule has 11 heteroatoms. The molecule has 1 amide bonds. The highest BCUT2D eigenvalue weighted by atomic mass is 32.2. The zero-order chi connectivity index (χ0) is 24.9. The van der Waals surface area contributed by atoms with Gasteiger partial charge < -0.3 is 19.8 Å². The van der Waals surface area contributed by atoms with Crippen molar-refractivity contribution in [2.75, 3.05) is 24.8 Å². The molecule has 0 unspecified atom stereocenters. The zero-order valence-corrected chi connectivity index (χ0v) is 20.7. The second-order valence-corrected chi connectivity index (χ2v) is 9.62. The lowest BCUT2D eigenvalue weighted by Crippen LogP contribution is -2.18. The highest BCUT2D eigenvalue weighted by Crippen LogP contribution is 2.39. The Balaban J connectivity index is 1.52. The molecule has 35 heavy (non-hydrogen) atoms. The summed E-state index contributed by atoms with van der Waals surface area (Å²) in [6.45, 7) is 1.99. The number of nitrogens with one attached hydrogen (secondary N) is 2. The van der Waals surface area contributed by atoms with E-state index in [1.165, 1.54) is 11.3 Å². The van der Waals surface area contributed by atoms with E-state index < -0.39 is 11.5 Å². The molecule has 0 saturated heterocycles. The van der Waals surface area contributed by atoms with Gasteiger partial charge in [-0.1, -0.05) is 11.8 Å². The predicted molar refractivity (Wildman–Crippen MR) is 133 cm³/mol. The first kappa shape index (κ1) is 24.5. The van der Waals surface area contributed by atoms with Crippen LogP contribution in [-0.2, 0) is 22.4 Å². The number of methoxy groups -OCH3 is 1. The van der Waals surface area contributed by atoms with Crippen molar-refractivity contribution < 1.29 is 19.1 Å². The first-order chi connectivity index (χ1) is 16.9. The third kappa shape index (κ3) is 5.23. The molecule has 9 nitrogen and oxygen atoms in total. The summed E-state index contributed by atoms with van der Waals surface area (Å²) in [6.07, 6.45) is 2.64. The molecular weight excluding hydrogens is 488 g/mol. The fourth-order valence-corrected chi connectivity index (χ4v) is 5.74. The second-order valence-electron chi connectivity index (χ2n) is 7.55. The topological polar surface area (TPSA) is 134 Å². The van der Waals surface area contributed by atoms with Crippen molar-refractivity contribution in [2.24, 2.45) is 0 Å². The lowest BCUT2D eigenvalue weighted by Gasteiger charge is -2.09. The number of esters is 1. The van der Waals surface area contributed by atoms with Crippen LogP contribution in [-0.4, -0.2) is 41.3 Å². The molecule has 1 aliphatic carbocycles. The fourth-order valence-electron chi connectivity index (χ4n) is 3.79. The molecule has 2 aromatic heterocycles. The molecule has 0 spiro atoms. The van der Waals surface area contributed by atoms with Gasteiger partial charge in [0, 0.05) is 10.4 Å². The second kappa shape index (κ2) is 10.8. The van der Waals surface area contributed by atoms with E-state index >= 15 is 0 Å². The van der Waals surface area contributed by atoms with Crippen molar-refractivity contribution in [2.45, 2.75) is 31.3 Å². The Hall–Kier alpha value is -3.62. The Morgan fingerprint density at radius 1 is 1.29 bits per heavy atom. The molecule has 1 aromatic carbocycles. The minimum atomic E-state index is -0.587. The molecule has 2 N–H and O–H groups in total. The maximum atomic E-state index is 12.7. The van der Waals surface area contributed by atoms with E-state index in [1.807, 2.05) is 6.07 Å². The molecule has 2 heterocycles. The van der Waals surface area contributed by atoms with Crippen molar-refractivity contribution in [1.29, 1.82) is 5.26 Å². The summed E-state index contributed by atoms with van der Waals surface area (Å²) in [6, 6.07) is 8.72. The van der Waals surface area contributed by atoms with E-state index in [-0.39, 0.29) is 34.7 Å². The van der Waals surface area contributed by atoms with Crippen molar-refractivity contribution in [3.63, 3.8) is 0 Å². The van der Waals surface area contributed by atoms with Gasteiger partial charge in [0.15, 0.2) is 5.16 Å². The van der Waals surface area contributed by atoms with Gasteiger partial charge in [-0.2, -0.15) is 5.26 Å². The van der Waals surface area contributed by atoms with E-state index in [0.29, 0.717) is 21.9 Å². The molecule has 0 bridgehead atoms. The minimum absolute atomic E-state index is 0.0538. The van der Waals surface area contributed by atoms with Crippen molar-refractivity contribution >= 4 is 40.0 Å². The van der Waals surface area contributed by atoms with Gasteiger partial charge in [0.2, 0.25) is 5.91 Å². The smallest absolute Gasteiger partial charge is 0.341 e. The molecule has 0 atom stereocenters. The quantitative estimate of drug-likeness (QED) is 0.266. The number of thioether (sulfide) groups is 1. The number of aromatic amines is 1. The van der Waals surface area contributed by atoms with Gasteiger partial charge >= 0.3 is 5.97 Å². The van der Waals surface area contributed by atoms with Crippen molar-refractivity contribution in [3.8, 4) is 23.1 Å². The third-order valence-corrected chi connectivity index (χ3v) is 7.45. The van der Waals surface area contributed by atoms with Gasteiger partial charge in [-0.25, -0.2) is 9.78 Å². The van der Waals surface area contributed by atoms with Crippen molar-refractivity contribution in [1.82, 2.24) is 9.97 Å². The molecule has 0 fully saturated rings. The number of carbonyl (C=O) groups excluding carboxylic acids is 2. The number of fused-ring (bicyclic) bond motifs is 1. The van der Waals surface area contributed by atoms with Gasteiger partial charge in [0.25, 0.3) is 5.56 Å². The summed E-state index contributed by atoms with van der Waals surface area (Å²) in [5.74, 6) is -0.206. The Bertz CT molecular complexity index is 1370. The maximum absolute atomic E-state index is 12.7. The van der Waals surface area contributed by atoms with Crippen LogP contribution >= 0.6 is 23.1 Å². The number of rotatable bonds is 8. The Morgan fingerprint density at radius 2 is 2.06 bits per heavy atom. The van der Waals surface area contributed by atoms with Crippen LogP contribution in [0.5, 0.6) is 5.75 Å². The van der Waals surface area contributed by atoms with Crippen LogP contribution in [0, 0.1) is 11.3 Å². The van der Waals surface area contributed by atoms with Gasteiger partial charge in [-0.3, -0.25) is 9.59 Å². The van der Waals surface area contributed by atoms with E-state index in [1.54, 1.807) is 38.3 Å². The number of hydrogen-bond acceptors (Lipinski definition) is 9. The van der Waals surface area contributed by atoms with E-state index in [4.69, 9.17) is 9.47 Å². The summed E-state index contributed by atoms with van der Waals surface area (Å²) in [7, 11) is 1.54. The van der Waals surface area contributed by atoms with Crippen LogP contribution in [0.25, 0.3) is 11.3 Å². The number of ether oxygens (including phenoxy) is 2. The van der Waals surface area contributed by atoms with Crippen LogP contribution in [0.3, 0.4) is 0 Å². The highest BCUT2D eigenvalue weighted by Gasteiger charge is 2.28. The van der Waals surface area contributed by atoms with Crippen LogP contribution in [0.4, 0.5) is 5.00 Å². The maximum Gasteiger partial charge on any atom is 0.341 e. The Kier molecular flexibility index (Phi) is 7.53. The number of thiophene rings is 1. The van der Waals surface area contributed by atoms with E-state index in [9.17, 15) is 19.6 Å². The van der Waals surface area contributed by atoms with Gasteiger partial charge in [-0.15, -0.1) is 11.3 Å². The summed E-state index contributed by atoms with van der Waals surface area (Å²) in [4.78, 5) is 45.8. The molecule has 0 saturated carbocycles. The van der Waals surface area contributed by atoms with E-state index in [0.717, 1.165) is 41.5 Å². The number of aryl methyl sites for hydroxylation is 1. The predicted octanol–water partition coefficient (Wildman–Crippen LogP) is 3.77. The number of anilines is 1. The zero-order valence-electron chi connectivity index (χ0n) is 19.1. The van der Waals surface area contributed by atoms with Crippen LogP contribution < -0.4 is 15.6 Å². The number of benzene rings is 1.